The second-order valence-electron chi connectivity index (χ2n) is 2.41. The SMILES string of the molecule is CCc1cc(CP(=O)([O-])[O-])on1. The third kappa shape index (κ3) is 2.77. The molecular weight excluding hydrogens is 181 g/mol. The predicted molar refractivity (Wildman–Crippen MR) is 37.2 cm³/mol. The lowest BCUT2D eigenvalue weighted by atomic mass is 10.3. The quantitative estimate of drug-likeness (QED) is 0.606. The van der Waals surface area contributed by atoms with Gasteiger partial charge in [-0.15, -0.1) is 0 Å². The molecule has 0 saturated carbocycles. The van der Waals surface area contributed by atoms with E-state index in [0.29, 0.717) is 12.1 Å². The van der Waals surface area contributed by atoms with Crippen LogP contribution in [0.5, 0.6) is 0 Å². The molecule has 5 nitrogen and oxygen atoms in total. The summed E-state index contributed by atoms with van der Waals surface area (Å²) in [6, 6.07) is 1.47. The van der Waals surface area contributed by atoms with Gasteiger partial charge in [0.25, 0.3) is 0 Å². The Hall–Kier alpha value is -0.640. The third-order valence-electron chi connectivity index (χ3n) is 1.32. The van der Waals surface area contributed by atoms with Crippen LogP contribution in [0.25, 0.3) is 0 Å². The molecule has 1 heterocycles. The molecule has 0 N–H and O–H groups in total. The average molecular weight is 189 g/mol. The highest BCUT2D eigenvalue weighted by Gasteiger charge is 2.03. The van der Waals surface area contributed by atoms with Crippen LogP contribution in [0.3, 0.4) is 0 Å². The smallest absolute Gasteiger partial charge is 0.141 e. The summed E-state index contributed by atoms with van der Waals surface area (Å²) in [5.41, 5.74) is 0.651. The number of nitrogens with zero attached hydrogens (tertiary/aromatic N) is 1. The maximum atomic E-state index is 10.3. The van der Waals surface area contributed by atoms with E-state index >= 15 is 0 Å². The van der Waals surface area contributed by atoms with E-state index in [9.17, 15) is 14.4 Å². The molecule has 0 saturated heterocycles. The van der Waals surface area contributed by atoms with Gasteiger partial charge in [0, 0.05) is 12.2 Å². The van der Waals surface area contributed by atoms with Crippen LogP contribution in [0.2, 0.25) is 0 Å². The third-order valence-corrected chi connectivity index (χ3v) is 2.02. The van der Waals surface area contributed by atoms with Crippen LogP contribution in [0.4, 0.5) is 0 Å². The normalized spacial score (nSPS) is 11.9. The fourth-order valence-corrected chi connectivity index (χ4v) is 1.32. The zero-order valence-electron chi connectivity index (χ0n) is 6.52. The second-order valence-corrected chi connectivity index (χ2v) is 3.95. The van der Waals surface area contributed by atoms with E-state index in [2.05, 4.69) is 9.68 Å². The van der Waals surface area contributed by atoms with E-state index < -0.39 is 13.8 Å². The first-order valence-corrected chi connectivity index (χ1v) is 5.19. The second kappa shape index (κ2) is 3.39. The molecule has 0 aliphatic carbocycles. The molecule has 6 heteroatoms. The Labute approximate surface area is 69.5 Å². The van der Waals surface area contributed by atoms with Gasteiger partial charge in [0.1, 0.15) is 5.76 Å². The average Bonchev–Trinajstić information content (AvgIpc) is 2.32. The lowest BCUT2D eigenvalue weighted by Crippen LogP contribution is -2.15. The molecule has 0 fully saturated rings. The van der Waals surface area contributed by atoms with Crippen molar-refractivity contribution in [3.8, 4) is 0 Å². The van der Waals surface area contributed by atoms with Gasteiger partial charge in [-0.25, -0.2) is 0 Å². The highest BCUT2D eigenvalue weighted by Crippen LogP contribution is 2.29. The van der Waals surface area contributed by atoms with E-state index in [1.807, 2.05) is 6.92 Å². The summed E-state index contributed by atoms with van der Waals surface area (Å²) in [6.45, 7) is 1.86. The van der Waals surface area contributed by atoms with E-state index in [-0.39, 0.29) is 5.76 Å². The Morgan fingerprint density at radius 1 is 1.67 bits per heavy atom. The molecule has 0 spiro atoms. The van der Waals surface area contributed by atoms with E-state index in [1.54, 1.807) is 0 Å². The van der Waals surface area contributed by atoms with Crippen LogP contribution in [0.15, 0.2) is 10.6 Å². The largest absolute Gasteiger partial charge is 0.810 e. The number of aryl methyl sites for hydroxylation is 1. The topological polar surface area (TPSA) is 89.2 Å². The molecule has 1 aromatic rings. The Morgan fingerprint density at radius 3 is 2.75 bits per heavy atom. The van der Waals surface area contributed by atoms with Crippen molar-refractivity contribution in [2.45, 2.75) is 19.5 Å². The summed E-state index contributed by atoms with van der Waals surface area (Å²) in [4.78, 5) is 20.6. The minimum atomic E-state index is -4.52. The van der Waals surface area contributed by atoms with Crippen molar-refractivity contribution < 1.29 is 18.9 Å². The molecule has 0 bridgehead atoms. The van der Waals surface area contributed by atoms with Crippen molar-refractivity contribution in [1.29, 1.82) is 0 Å². The van der Waals surface area contributed by atoms with Crippen LogP contribution in [0, 0.1) is 0 Å². The van der Waals surface area contributed by atoms with Gasteiger partial charge >= 0.3 is 0 Å². The van der Waals surface area contributed by atoms with Crippen LogP contribution in [-0.2, 0) is 17.1 Å². The summed E-state index contributed by atoms with van der Waals surface area (Å²) in [5.74, 6) is 0.111. The summed E-state index contributed by atoms with van der Waals surface area (Å²) in [7, 11) is -4.52. The maximum absolute atomic E-state index is 10.3. The van der Waals surface area contributed by atoms with Gasteiger partial charge < -0.3 is 18.9 Å². The highest BCUT2D eigenvalue weighted by molar-refractivity contribution is 7.47. The first-order chi connectivity index (χ1) is 5.51. The van der Waals surface area contributed by atoms with Crippen LogP contribution < -0.4 is 9.79 Å². The van der Waals surface area contributed by atoms with Crippen molar-refractivity contribution in [3.05, 3.63) is 17.5 Å². The minimum absolute atomic E-state index is 0.111. The Balaban J connectivity index is 2.71. The van der Waals surface area contributed by atoms with Gasteiger partial charge in [-0.05, 0) is 6.42 Å². The van der Waals surface area contributed by atoms with Crippen molar-refractivity contribution in [3.63, 3.8) is 0 Å². The van der Waals surface area contributed by atoms with Crippen LogP contribution in [0.1, 0.15) is 18.4 Å². The zero-order chi connectivity index (χ0) is 9.19. The van der Waals surface area contributed by atoms with Gasteiger partial charge in [0.15, 0.2) is 0 Å². The van der Waals surface area contributed by atoms with Gasteiger partial charge in [0.05, 0.1) is 5.69 Å². The van der Waals surface area contributed by atoms with Gasteiger partial charge in [-0.3, -0.25) is 0 Å². The molecular formula is C6H8NO4P-2. The highest BCUT2D eigenvalue weighted by atomic mass is 31.2. The molecule has 0 atom stereocenters. The van der Waals surface area contributed by atoms with Crippen LogP contribution in [-0.4, -0.2) is 5.16 Å². The molecule has 0 aliphatic heterocycles. The summed E-state index contributed by atoms with van der Waals surface area (Å²) >= 11 is 0. The monoisotopic (exact) mass is 189 g/mol. The van der Waals surface area contributed by atoms with Gasteiger partial charge in [-0.1, -0.05) is 19.7 Å². The summed E-state index contributed by atoms with van der Waals surface area (Å²) < 4.78 is 14.9. The Morgan fingerprint density at radius 2 is 2.33 bits per heavy atom. The van der Waals surface area contributed by atoms with Crippen molar-refractivity contribution in [1.82, 2.24) is 5.16 Å². The van der Waals surface area contributed by atoms with Gasteiger partial charge in [-0.2, -0.15) is 0 Å². The number of aromatic nitrogens is 1. The van der Waals surface area contributed by atoms with E-state index in [0.717, 1.165) is 0 Å². The molecule has 0 radical (unpaired) electrons. The molecule has 1 aromatic heterocycles. The first-order valence-electron chi connectivity index (χ1n) is 3.47. The molecule has 0 unspecified atom stereocenters. The fourth-order valence-electron chi connectivity index (χ4n) is 0.788. The first kappa shape index (κ1) is 9.45. The number of hydrogen-bond acceptors (Lipinski definition) is 5. The summed E-state index contributed by atoms with van der Waals surface area (Å²) in [5, 5.41) is 3.54. The zero-order valence-corrected chi connectivity index (χ0v) is 7.41. The van der Waals surface area contributed by atoms with Crippen molar-refractivity contribution >= 4 is 7.60 Å². The van der Waals surface area contributed by atoms with Crippen molar-refractivity contribution in [2.24, 2.45) is 0 Å². The Kier molecular flexibility index (Phi) is 2.67. The number of rotatable bonds is 3. The molecule has 0 aliphatic rings. The van der Waals surface area contributed by atoms with Crippen LogP contribution >= 0.6 is 7.60 Å². The van der Waals surface area contributed by atoms with Crippen molar-refractivity contribution in [2.75, 3.05) is 0 Å². The fraction of sp³-hybridized carbons (Fsp3) is 0.500. The maximum Gasteiger partial charge on any atom is 0.141 e. The predicted octanol–water partition coefficient (Wildman–Crippen LogP) is -0.349. The number of hydrogen-bond donors (Lipinski definition) is 0. The van der Waals surface area contributed by atoms with E-state index in [4.69, 9.17) is 0 Å². The molecule has 68 valence electrons. The molecule has 1 rings (SSSR count). The Bertz CT molecular complexity index is 302. The van der Waals surface area contributed by atoms with E-state index in [1.165, 1.54) is 6.07 Å². The van der Waals surface area contributed by atoms with Gasteiger partial charge in [0.2, 0.25) is 0 Å². The molecule has 12 heavy (non-hydrogen) atoms. The lowest BCUT2D eigenvalue weighted by molar-refractivity contribution is -0.314. The minimum Gasteiger partial charge on any atom is -0.810 e. The summed E-state index contributed by atoms with van der Waals surface area (Å²) in [6.07, 6.45) is 0.0610. The molecule has 0 aromatic carbocycles. The lowest BCUT2D eigenvalue weighted by Gasteiger charge is -2.27. The molecule has 0 amide bonds. The standard InChI is InChI=1S/C6H10NO4P/c1-2-5-3-6(11-7-5)4-12(8,9)10/h3H,2,4H2,1H3,(H2,8,9,10)/p-2.